The van der Waals surface area contributed by atoms with Crippen molar-refractivity contribution >= 4 is 23.3 Å². The molecule has 0 unspecified atom stereocenters. The van der Waals surface area contributed by atoms with Crippen LogP contribution in [0, 0.1) is 5.82 Å². The molecule has 3 rings (SSSR count). The highest BCUT2D eigenvalue weighted by atomic mass is 32.1. The maximum atomic E-state index is 13.7. The van der Waals surface area contributed by atoms with Crippen LogP contribution in [0.15, 0.2) is 63.7 Å². The molecule has 2 heterocycles. The van der Waals surface area contributed by atoms with Crippen molar-refractivity contribution in [3.8, 4) is 11.3 Å². The molecule has 0 radical (unpaired) electrons. The van der Waals surface area contributed by atoms with E-state index < -0.39 is 0 Å². The summed E-state index contributed by atoms with van der Waals surface area (Å²) in [7, 11) is 1.75. The van der Waals surface area contributed by atoms with Crippen molar-refractivity contribution in [1.29, 1.82) is 0 Å². The average molecular weight is 341 g/mol. The molecule has 1 aromatic carbocycles. The van der Waals surface area contributed by atoms with E-state index in [0.29, 0.717) is 23.6 Å². The van der Waals surface area contributed by atoms with E-state index in [1.165, 1.54) is 12.1 Å². The molecule has 2 aromatic heterocycles. The van der Waals surface area contributed by atoms with E-state index in [-0.39, 0.29) is 11.7 Å². The van der Waals surface area contributed by atoms with Gasteiger partial charge in [-0.3, -0.25) is 4.79 Å². The van der Waals surface area contributed by atoms with Crippen LogP contribution < -0.4 is 0 Å². The summed E-state index contributed by atoms with van der Waals surface area (Å²) in [4.78, 5) is 13.7. The third kappa shape index (κ3) is 3.81. The smallest absolute Gasteiger partial charge is 0.246 e. The number of hydrogen-bond donors (Lipinski definition) is 0. The van der Waals surface area contributed by atoms with Crippen LogP contribution in [0.2, 0.25) is 0 Å². The summed E-state index contributed by atoms with van der Waals surface area (Å²) in [5.41, 5.74) is 1.50. The summed E-state index contributed by atoms with van der Waals surface area (Å²) in [6, 6.07) is 11.8. The van der Waals surface area contributed by atoms with Crippen LogP contribution in [0.3, 0.4) is 0 Å². The van der Waals surface area contributed by atoms with Crippen LogP contribution in [0.5, 0.6) is 0 Å². The number of nitrogens with zero attached hydrogens (tertiary/aromatic N) is 1. The fourth-order valence-electron chi connectivity index (χ4n) is 2.26. The first-order chi connectivity index (χ1) is 11.6. The summed E-state index contributed by atoms with van der Waals surface area (Å²) >= 11 is 1.60. The normalized spacial score (nSPS) is 11.1. The molecule has 3 nitrogen and oxygen atoms in total. The Kier molecular flexibility index (Phi) is 4.91. The molecule has 0 atom stereocenters. The monoisotopic (exact) mass is 341 g/mol. The lowest BCUT2D eigenvalue weighted by Gasteiger charge is -2.13. The molecule has 5 heteroatoms. The molecule has 3 aromatic rings. The molecule has 0 saturated carbocycles. The topological polar surface area (TPSA) is 33.5 Å². The van der Waals surface area contributed by atoms with Crippen LogP contribution in [0.4, 0.5) is 4.39 Å². The highest BCUT2D eigenvalue weighted by Crippen LogP contribution is 2.25. The van der Waals surface area contributed by atoms with Gasteiger partial charge >= 0.3 is 0 Å². The highest BCUT2D eigenvalue weighted by molar-refractivity contribution is 7.07. The Balaban J connectivity index is 1.67. The minimum absolute atomic E-state index is 0.120. The largest absolute Gasteiger partial charge is 0.457 e. The Hall–Kier alpha value is -2.66. The van der Waals surface area contributed by atoms with Crippen LogP contribution in [-0.2, 0) is 11.3 Å². The summed E-state index contributed by atoms with van der Waals surface area (Å²) in [5, 5.41) is 4.00. The zero-order valence-corrected chi connectivity index (χ0v) is 13.9. The van der Waals surface area contributed by atoms with E-state index in [9.17, 15) is 9.18 Å². The molecule has 0 aliphatic carbocycles. The lowest BCUT2D eigenvalue weighted by Crippen LogP contribution is -2.23. The highest BCUT2D eigenvalue weighted by Gasteiger charge is 2.09. The number of hydrogen-bond acceptors (Lipinski definition) is 3. The second kappa shape index (κ2) is 7.27. The van der Waals surface area contributed by atoms with Crippen molar-refractivity contribution in [2.24, 2.45) is 0 Å². The van der Waals surface area contributed by atoms with Gasteiger partial charge in [-0.05, 0) is 52.7 Å². The van der Waals surface area contributed by atoms with Crippen LogP contribution >= 0.6 is 11.3 Å². The number of furan rings is 1. The fraction of sp³-hybridized carbons (Fsp3) is 0.105. The Bertz CT molecular complexity index is 852. The van der Waals surface area contributed by atoms with Gasteiger partial charge < -0.3 is 9.32 Å². The van der Waals surface area contributed by atoms with E-state index in [1.807, 2.05) is 16.8 Å². The molecule has 0 spiro atoms. The molecule has 0 bridgehead atoms. The van der Waals surface area contributed by atoms with Crippen molar-refractivity contribution in [2.75, 3.05) is 7.05 Å². The third-order valence-corrected chi connectivity index (χ3v) is 4.26. The Morgan fingerprint density at radius 1 is 1.25 bits per heavy atom. The third-order valence-electron chi connectivity index (χ3n) is 3.53. The zero-order chi connectivity index (χ0) is 16.9. The lowest BCUT2D eigenvalue weighted by atomic mass is 10.1. The number of benzene rings is 1. The predicted molar refractivity (Wildman–Crippen MR) is 93.9 cm³/mol. The van der Waals surface area contributed by atoms with E-state index in [1.54, 1.807) is 59.7 Å². The average Bonchev–Trinajstić information content (AvgIpc) is 3.24. The number of carbonyl (C=O) groups is 1. The molecule has 0 aliphatic heterocycles. The van der Waals surface area contributed by atoms with Gasteiger partial charge in [0.05, 0.1) is 5.56 Å². The number of halogens is 1. The molecule has 0 saturated heterocycles. The van der Waals surface area contributed by atoms with Gasteiger partial charge in [-0.15, -0.1) is 0 Å². The van der Waals surface area contributed by atoms with E-state index in [2.05, 4.69) is 0 Å². The number of rotatable bonds is 5. The van der Waals surface area contributed by atoms with Gasteiger partial charge in [-0.2, -0.15) is 11.3 Å². The maximum absolute atomic E-state index is 13.7. The van der Waals surface area contributed by atoms with E-state index in [4.69, 9.17) is 4.42 Å². The Morgan fingerprint density at radius 2 is 2.08 bits per heavy atom. The van der Waals surface area contributed by atoms with Crippen molar-refractivity contribution in [3.05, 3.63) is 76.4 Å². The van der Waals surface area contributed by atoms with Gasteiger partial charge in [0.1, 0.15) is 17.3 Å². The zero-order valence-electron chi connectivity index (χ0n) is 13.1. The first kappa shape index (κ1) is 16.2. The van der Waals surface area contributed by atoms with Gasteiger partial charge in [0.25, 0.3) is 0 Å². The summed E-state index contributed by atoms with van der Waals surface area (Å²) < 4.78 is 19.3. The molecule has 0 fully saturated rings. The summed E-state index contributed by atoms with van der Waals surface area (Å²) in [6.07, 6.45) is 3.05. The minimum Gasteiger partial charge on any atom is -0.457 e. The van der Waals surface area contributed by atoms with Crippen LogP contribution in [0.25, 0.3) is 17.4 Å². The summed E-state index contributed by atoms with van der Waals surface area (Å²) in [6.45, 7) is 0.561. The summed E-state index contributed by atoms with van der Waals surface area (Å²) in [5.74, 6) is 0.483. The standard InChI is InChI=1S/C19H16FNO2S/c1-21(12-14-10-11-24-13-14)19(22)9-7-15-6-8-18(23-15)16-4-2-3-5-17(16)20/h2-11,13H,12H2,1H3. The fourth-order valence-corrected chi connectivity index (χ4v) is 2.92. The lowest BCUT2D eigenvalue weighted by molar-refractivity contribution is -0.125. The van der Waals surface area contributed by atoms with E-state index >= 15 is 0 Å². The Labute approximate surface area is 143 Å². The van der Waals surface area contributed by atoms with Crippen molar-refractivity contribution in [1.82, 2.24) is 4.90 Å². The molecule has 0 aliphatic rings. The Morgan fingerprint density at radius 3 is 2.83 bits per heavy atom. The van der Waals surface area contributed by atoms with Gasteiger partial charge in [0.2, 0.25) is 5.91 Å². The molecular formula is C19H16FNO2S. The van der Waals surface area contributed by atoms with Crippen LogP contribution in [-0.4, -0.2) is 17.9 Å². The SMILES string of the molecule is CN(Cc1ccsc1)C(=O)C=Cc1ccc(-c2ccccc2F)o1. The molecule has 1 amide bonds. The number of carbonyl (C=O) groups excluding carboxylic acids is 1. The van der Waals surface area contributed by atoms with Crippen molar-refractivity contribution < 1.29 is 13.6 Å². The van der Waals surface area contributed by atoms with E-state index in [0.717, 1.165) is 5.56 Å². The quantitative estimate of drug-likeness (QED) is 0.624. The predicted octanol–water partition coefficient (Wildman–Crippen LogP) is 4.82. The van der Waals surface area contributed by atoms with Gasteiger partial charge in [-0.1, -0.05) is 12.1 Å². The minimum atomic E-state index is -0.339. The van der Waals surface area contributed by atoms with Crippen molar-refractivity contribution in [3.63, 3.8) is 0 Å². The molecule has 24 heavy (non-hydrogen) atoms. The van der Waals surface area contributed by atoms with Crippen LogP contribution in [0.1, 0.15) is 11.3 Å². The second-order valence-corrected chi connectivity index (χ2v) is 6.12. The molecule has 0 N–H and O–H groups in total. The molecular weight excluding hydrogens is 325 g/mol. The molecule has 122 valence electrons. The number of thiophene rings is 1. The number of likely N-dealkylation sites (N-methyl/N-ethyl adjacent to an activating group) is 1. The van der Waals surface area contributed by atoms with Gasteiger partial charge in [0.15, 0.2) is 0 Å². The first-order valence-corrected chi connectivity index (χ1v) is 8.37. The number of amides is 1. The maximum Gasteiger partial charge on any atom is 0.246 e. The second-order valence-electron chi connectivity index (χ2n) is 5.34. The first-order valence-electron chi connectivity index (χ1n) is 7.42. The van der Waals surface area contributed by atoms with Crippen molar-refractivity contribution in [2.45, 2.75) is 6.54 Å². The van der Waals surface area contributed by atoms with Gasteiger partial charge in [0, 0.05) is 19.7 Å². The van der Waals surface area contributed by atoms with Gasteiger partial charge in [-0.25, -0.2) is 4.39 Å².